The largest absolute Gasteiger partial charge is 0.492 e. The zero-order valence-corrected chi connectivity index (χ0v) is 20.4. The maximum atomic E-state index is 13.4. The Balaban J connectivity index is 1.81. The molecule has 2 fully saturated rings. The number of fused-ring (bicyclic) bond motifs is 1. The number of hydrogen-bond donors (Lipinski definition) is 2. The number of rotatable bonds is 6. The normalized spacial score (nSPS) is 21.1. The van der Waals surface area contributed by atoms with Crippen LogP contribution in [0.3, 0.4) is 0 Å². The minimum Gasteiger partial charge on any atom is -0.492 e. The van der Waals surface area contributed by atoms with Crippen molar-refractivity contribution >= 4 is 23.5 Å². The molecule has 2 atom stereocenters. The molecule has 4 rings (SSSR count). The van der Waals surface area contributed by atoms with Gasteiger partial charge in [-0.1, -0.05) is 13.8 Å². The zero-order chi connectivity index (χ0) is 24.7. The van der Waals surface area contributed by atoms with Crippen LogP contribution in [-0.4, -0.2) is 67.3 Å². The predicted octanol–water partition coefficient (Wildman–Crippen LogP) is 1.71. The first-order chi connectivity index (χ1) is 16.1. The molecule has 2 aromatic heterocycles. The van der Waals surface area contributed by atoms with Crippen LogP contribution in [-0.2, 0) is 16.1 Å². The zero-order valence-electron chi connectivity index (χ0n) is 20.4. The molecule has 0 radical (unpaired) electrons. The van der Waals surface area contributed by atoms with Crippen molar-refractivity contribution < 1.29 is 19.4 Å². The Morgan fingerprint density at radius 3 is 2.47 bits per heavy atom. The van der Waals surface area contributed by atoms with Crippen molar-refractivity contribution in [1.29, 1.82) is 0 Å². The SMILES string of the molecule is Cc1nn2c(O)c(C(=O)NC3CC3)c(=O)n(CC(C)C)c2c1/C=C/C(=O)N1[C@@H](C)COC[C@@H]1C. The van der Waals surface area contributed by atoms with E-state index in [4.69, 9.17) is 4.74 Å². The summed E-state index contributed by atoms with van der Waals surface area (Å²) in [5.41, 5.74) is 0.533. The van der Waals surface area contributed by atoms with E-state index in [1.807, 2.05) is 27.7 Å². The summed E-state index contributed by atoms with van der Waals surface area (Å²) >= 11 is 0. The van der Waals surface area contributed by atoms with Gasteiger partial charge < -0.3 is 20.1 Å². The van der Waals surface area contributed by atoms with Crippen molar-refractivity contribution in [3.05, 3.63) is 33.3 Å². The summed E-state index contributed by atoms with van der Waals surface area (Å²) in [7, 11) is 0. The lowest BCUT2D eigenvalue weighted by Gasteiger charge is -2.38. The summed E-state index contributed by atoms with van der Waals surface area (Å²) in [5.74, 6) is -1.17. The number of amides is 2. The van der Waals surface area contributed by atoms with E-state index < -0.39 is 17.3 Å². The van der Waals surface area contributed by atoms with E-state index in [1.54, 1.807) is 17.9 Å². The molecule has 2 amide bonds. The summed E-state index contributed by atoms with van der Waals surface area (Å²) in [4.78, 5) is 40.9. The van der Waals surface area contributed by atoms with Crippen molar-refractivity contribution in [3.63, 3.8) is 0 Å². The van der Waals surface area contributed by atoms with Crippen molar-refractivity contribution in [2.24, 2.45) is 5.92 Å². The Kier molecular flexibility index (Phi) is 6.53. The van der Waals surface area contributed by atoms with Crippen LogP contribution < -0.4 is 10.9 Å². The van der Waals surface area contributed by atoms with Gasteiger partial charge in [0.05, 0.1) is 31.0 Å². The highest BCUT2D eigenvalue weighted by atomic mass is 16.5. The Hall–Kier alpha value is -3.14. The minimum atomic E-state index is -0.597. The van der Waals surface area contributed by atoms with Crippen LogP contribution in [0.2, 0.25) is 0 Å². The Labute approximate surface area is 198 Å². The number of hydrogen-bond acceptors (Lipinski definition) is 6. The lowest BCUT2D eigenvalue weighted by molar-refractivity contribution is -0.138. The maximum absolute atomic E-state index is 13.4. The maximum Gasteiger partial charge on any atom is 0.270 e. The number of aromatic hydroxyl groups is 1. The molecule has 0 unspecified atom stereocenters. The second-order valence-electron chi connectivity index (χ2n) is 9.80. The van der Waals surface area contributed by atoms with E-state index in [0.717, 1.165) is 12.8 Å². The molecule has 1 aliphatic carbocycles. The van der Waals surface area contributed by atoms with E-state index in [2.05, 4.69) is 10.4 Å². The third-order valence-corrected chi connectivity index (χ3v) is 6.22. The molecule has 1 saturated heterocycles. The molecule has 2 aromatic rings. The lowest BCUT2D eigenvalue weighted by atomic mass is 10.1. The molecule has 0 aromatic carbocycles. The van der Waals surface area contributed by atoms with E-state index in [9.17, 15) is 19.5 Å². The molecule has 1 saturated carbocycles. The molecule has 0 spiro atoms. The fourth-order valence-electron chi connectivity index (χ4n) is 4.46. The van der Waals surface area contributed by atoms with Crippen molar-refractivity contribution in [1.82, 2.24) is 24.4 Å². The van der Waals surface area contributed by atoms with Gasteiger partial charge in [0.2, 0.25) is 11.8 Å². The Bertz CT molecular complexity index is 1200. The molecular weight excluding hydrogens is 438 g/mol. The second kappa shape index (κ2) is 9.25. The number of ether oxygens (including phenoxy) is 1. The fraction of sp³-hybridized carbons (Fsp3) is 0.583. The first-order valence-corrected chi connectivity index (χ1v) is 11.8. The molecule has 3 heterocycles. The van der Waals surface area contributed by atoms with Crippen LogP contribution in [0.1, 0.15) is 62.2 Å². The lowest BCUT2D eigenvalue weighted by Crippen LogP contribution is -2.51. The highest BCUT2D eigenvalue weighted by Crippen LogP contribution is 2.25. The van der Waals surface area contributed by atoms with Crippen molar-refractivity contribution in [2.45, 2.75) is 72.1 Å². The predicted molar refractivity (Wildman–Crippen MR) is 127 cm³/mol. The molecule has 10 nitrogen and oxygen atoms in total. The van der Waals surface area contributed by atoms with Crippen LogP contribution in [0.25, 0.3) is 11.7 Å². The van der Waals surface area contributed by atoms with Crippen molar-refractivity contribution in [3.8, 4) is 5.88 Å². The summed E-state index contributed by atoms with van der Waals surface area (Å²) in [6, 6.07) is -0.0717. The molecular formula is C24H33N5O5. The fourth-order valence-corrected chi connectivity index (χ4v) is 4.46. The second-order valence-corrected chi connectivity index (χ2v) is 9.80. The van der Waals surface area contributed by atoms with Gasteiger partial charge in [-0.25, -0.2) is 0 Å². The van der Waals surface area contributed by atoms with Crippen LogP contribution in [0.4, 0.5) is 0 Å². The van der Waals surface area contributed by atoms with Gasteiger partial charge in [-0.15, -0.1) is 0 Å². The molecule has 1 aliphatic heterocycles. The number of nitrogens with zero attached hydrogens (tertiary/aromatic N) is 4. The highest BCUT2D eigenvalue weighted by molar-refractivity contribution is 5.97. The molecule has 34 heavy (non-hydrogen) atoms. The number of carbonyl (C=O) groups is 2. The van der Waals surface area contributed by atoms with Crippen LogP contribution in [0, 0.1) is 12.8 Å². The summed E-state index contributed by atoms with van der Waals surface area (Å²) < 4.78 is 8.20. The summed E-state index contributed by atoms with van der Waals surface area (Å²) in [6.07, 6.45) is 4.82. The standard InChI is InChI=1S/C24H33N5O5/c1-13(2)10-27-22-18(8-9-19(30)28-14(3)11-34-12-15(28)4)16(5)26-29(22)24(33)20(23(27)32)21(31)25-17-6-7-17/h8-9,13-15,17,33H,6-7,10-12H2,1-5H3,(H,25,31)/b9-8+/t14-,15-/m0/s1. The van der Waals surface area contributed by atoms with Gasteiger partial charge in [-0.2, -0.15) is 9.61 Å². The van der Waals surface area contributed by atoms with Crippen LogP contribution >= 0.6 is 0 Å². The van der Waals surface area contributed by atoms with Crippen LogP contribution in [0.15, 0.2) is 10.9 Å². The van der Waals surface area contributed by atoms with Gasteiger partial charge in [0.1, 0.15) is 5.65 Å². The van der Waals surface area contributed by atoms with Gasteiger partial charge in [0.25, 0.3) is 11.5 Å². The number of aryl methyl sites for hydroxylation is 1. The number of aromatic nitrogens is 3. The Morgan fingerprint density at radius 1 is 1.24 bits per heavy atom. The van der Waals surface area contributed by atoms with E-state index >= 15 is 0 Å². The average molecular weight is 472 g/mol. The third kappa shape index (κ3) is 4.46. The smallest absolute Gasteiger partial charge is 0.270 e. The monoisotopic (exact) mass is 471 g/mol. The number of morpholine rings is 1. The minimum absolute atomic E-state index is 0.0365. The van der Waals surface area contributed by atoms with Gasteiger partial charge in [0, 0.05) is 24.2 Å². The molecule has 0 bridgehead atoms. The molecule has 2 N–H and O–H groups in total. The quantitative estimate of drug-likeness (QED) is 0.620. The number of nitrogens with one attached hydrogen (secondary N) is 1. The van der Waals surface area contributed by atoms with Gasteiger partial charge in [0.15, 0.2) is 5.56 Å². The van der Waals surface area contributed by atoms with Crippen LogP contribution in [0.5, 0.6) is 5.88 Å². The van der Waals surface area contributed by atoms with E-state index in [1.165, 1.54) is 15.2 Å². The third-order valence-electron chi connectivity index (χ3n) is 6.22. The molecule has 184 valence electrons. The van der Waals surface area contributed by atoms with Gasteiger partial charge in [-0.05, 0) is 45.6 Å². The summed E-state index contributed by atoms with van der Waals surface area (Å²) in [5, 5.41) is 18.1. The van der Waals surface area contributed by atoms with Crippen molar-refractivity contribution in [2.75, 3.05) is 13.2 Å². The number of carbonyl (C=O) groups excluding carboxylic acids is 2. The van der Waals surface area contributed by atoms with E-state index in [-0.39, 0.29) is 35.5 Å². The van der Waals surface area contributed by atoms with E-state index in [0.29, 0.717) is 36.7 Å². The topological polar surface area (TPSA) is 118 Å². The first kappa shape index (κ1) is 24.0. The average Bonchev–Trinajstić information content (AvgIpc) is 3.50. The Morgan fingerprint density at radius 2 is 1.88 bits per heavy atom. The summed E-state index contributed by atoms with van der Waals surface area (Å²) in [6.45, 7) is 10.8. The highest BCUT2D eigenvalue weighted by Gasteiger charge is 2.31. The molecule has 2 aliphatic rings. The first-order valence-electron chi connectivity index (χ1n) is 11.8. The van der Waals surface area contributed by atoms with Gasteiger partial charge in [-0.3, -0.25) is 19.0 Å². The van der Waals surface area contributed by atoms with Gasteiger partial charge >= 0.3 is 0 Å². The molecule has 10 heteroatoms.